The number of fused-ring (bicyclic) bond motifs is 1. The molecule has 1 fully saturated rings. The van der Waals surface area contributed by atoms with Crippen LogP contribution >= 0.6 is 11.6 Å². The molecule has 0 aliphatic carbocycles. The van der Waals surface area contributed by atoms with E-state index >= 15 is 0 Å². The van der Waals surface area contributed by atoms with Gasteiger partial charge in [0.2, 0.25) is 5.91 Å². The summed E-state index contributed by atoms with van der Waals surface area (Å²) in [5, 5.41) is 7.37. The average molecular weight is 428 g/mol. The van der Waals surface area contributed by atoms with Crippen LogP contribution in [0.1, 0.15) is 48.3 Å². The number of hydrogen-bond donors (Lipinski definition) is 2. The number of carbonyl (C=O) groups is 1. The summed E-state index contributed by atoms with van der Waals surface area (Å²) in [6, 6.07) is 7.78. The van der Waals surface area contributed by atoms with Gasteiger partial charge in [-0.15, -0.1) is 0 Å². The van der Waals surface area contributed by atoms with Crippen LogP contribution in [-0.2, 0) is 24.2 Å². The first kappa shape index (κ1) is 21.1. The number of hydrogen-bond acceptors (Lipinski definition) is 5. The Labute approximate surface area is 183 Å². The molecule has 3 heterocycles. The van der Waals surface area contributed by atoms with Gasteiger partial charge in [-0.25, -0.2) is 9.97 Å². The van der Waals surface area contributed by atoms with Crippen LogP contribution < -0.4 is 10.6 Å². The average Bonchev–Trinajstić information content (AvgIpc) is 2.78. The molecule has 0 bridgehead atoms. The van der Waals surface area contributed by atoms with Gasteiger partial charge in [0.15, 0.2) is 0 Å². The third-order valence-electron chi connectivity index (χ3n) is 6.22. The maximum absolute atomic E-state index is 13.0. The summed E-state index contributed by atoms with van der Waals surface area (Å²) in [6.45, 7) is 5.30. The molecule has 0 spiro atoms. The Balaban J connectivity index is 1.38. The molecule has 7 heteroatoms. The first-order valence-corrected chi connectivity index (χ1v) is 11.2. The molecule has 1 amide bonds. The fourth-order valence-corrected chi connectivity index (χ4v) is 4.76. The lowest BCUT2D eigenvalue weighted by Gasteiger charge is -2.33. The maximum Gasteiger partial charge on any atom is 0.225 e. The SMILES string of the molecule is CNc1nc(C2CCN(C(=O)C(C)Cc3cccc(Cl)c3)CC2)nc2c1CCNC2. The van der Waals surface area contributed by atoms with Gasteiger partial charge in [-0.2, -0.15) is 0 Å². The number of rotatable bonds is 5. The number of carbonyl (C=O) groups excluding carboxylic acids is 1. The van der Waals surface area contributed by atoms with Crippen molar-refractivity contribution < 1.29 is 4.79 Å². The van der Waals surface area contributed by atoms with Gasteiger partial charge >= 0.3 is 0 Å². The van der Waals surface area contributed by atoms with Crippen LogP contribution in [0.5, 0.6) is 0 Å². The van der Waals surface area contributed by atoms with E-state index < -0.39 is 0 Å². The number of benzene rings is 1. The third kappa shape index (κ3) is 4.60. The van der Waals surface area contributed by atoms with Crippen molar-refractivity contribution >= 4 is 23.3 Å². The second-order valence-corrected chi connectivity index (χ2v) is 8.80. The maximum atomic E-state index is 13.0. The van der Waals surface area contributed by atoms with Gasteiger partial charge < -0.3 is 15.5 Å². The number of likely N-dealkylation sites (tertiary alicyclic amines) is 1. The van der Waals surface area contributed by atoms with E-state index in [1.54, 1.807) is 0 Å². The highest BCUT2D eigenvalue weighted by molar-refractivity contribution is 6.30. The Morgan fingerprint density at radius 3 is 2.87 bits per heavy atom. The fourth-order valence-electron chi connectivity index (χ4n) is 4.54. The van der Waals surface area contributed by atoms with E-state index in [2.05, 4.69) is 10.6 Å². The molecule has 160 valence electrons. The Morgan fingerprint density at radius 2 is 2.13 bits per heavy atom. The van der Waals surface area contributed by atoms with Gasteiger partial charge in [0.1, 0.15) is 11.6 Å². The van der Waals surface area contributed by atoms with Crippen LogP contribution in [0, 0.1) is 5.92 Å². The van der Waals surface area contributed by atoms with E-state index in [-0.39, 0.29) is 11.8 Å². The van der Waals surface area contributed by atoms with Crippen molar-refractivity contribution in [3.63, 3.8) is 0 Å². The zero-order chi connectivity index (χ0) is 21.1. The van der Waals surface area contributed by atoms with E-state index in [1.165, 1.54) is 5.56 Å². The lowest BCUT2D eigenvalue weighted by Crippen LogP contribution is -2.41. The van der Waals surface area contributed by atoms with E-state index in [0.29, 0.717) is 17.4 Å². The molecule has 30 heavy (non-hydrogen) atoms. The van der Waals surface area contributed by atoms with Gasteiger partial charge in [-0.1, -0.05) is 30.7 Å². The minimum Gasteiger partial charge on any atom is -0.373 e. The van der Waals surface area contributed by atoms with Crippen LogP contribution in [0.3, 0.4) is 0 Å². The summed E-state index contributed by atoms with van der Waals surface area (Å²) >= 11 is 6.08. The van der Waals surface area contributed by atoms with Crippen molar-refractivity contribution in [1.29, 1.82) is 0 Å². The zero-order valence-corrected chi connectivity index (χ0v) is 18.5. The topological polar surface area (TPSA) is 70.2 Å². The number of nitrogens with zero attached hydrogens (tertiary/aromatic N) is 3. The Bertz CT molecular complexity index is 893. The number of piperidine rings is 1. The summed E-state index contributed by atoms with van der Waals surface area (Å²) in [4.78, 5) is 24.7. The van der Waals surface area contributed by atoms with E-state index in [4.69, 9.17) is 21.6 Å². The molecule has 1 unspecified atom stereocenters. The largest absolute Gasteiger partial charge is 0.373 e. The van der Waals surface area contributed by atoms with Crippen LogP contribution in [0.25, 0.3) is 0 Å². The molecule has 1 atom stereocenters. The molecule has 2 aliphatic heterocycles. The molecular weight excluding hydrogens is 398 g/mol. The molecule has 1 aromatic carbocycles. The Morgan fingerprint density at radius 1 is 1.33 bits per heavy atom. The summed E-state index contributed by atoms with van der Waals surface area (Å²) in [7, 11) is 1.93. The van der Waals surface area contributed by atoms with E-state index in [0.717, 1.165) is 68.3 Å². The fraction of sp³-hybridized carbons (Fsp3) is 0.522. The molecule has 2 aromatic rings. The summed E-state index contributed by atoms with van der Waals surface area (Å²) in [6.07, 6.45) is 3.49. The monoisotopic (exact) mass is 427 g/mol. The molecular formula is C23H30ClN5O. The molecule has 1 saturated heterocycles. The number of anilines is 1. The summed E-state index contributed by atoms with van der Waals surface area (Å²) in [5.41, 5.74) is 3.46. The minimum absolute atomic E-state index is 0.0537. The molecule has 0 radical (unpaired) electrons. The van der Waals surface area contributed by atoms with E-state index in [1.807, 2.05) is 43.1 Å². The quantitative estimate of drug-likeness (QED) is 0.765. The lowest BCUT2D eigenvalue weighted by atomic mass is 9.93. The smallest absolute Gasteiger partial charge is 0.225 e. The first-order valence-electron chi connectivity index (χ1n) is 10.9. The molecule has 6 nitrogen and oxygen atoms in total. The van der Waals surface area contributed by atoms with Gasteiger partial charge in [0.25, 0.3) is 0 Å². The molecule has 1 aromatic heterocycles. The normalized spacial score (nSPS) is 18.0. The van der Waals surface area contributed by atoms with Crippen LogP contribution in [0.4, 0.5) is 5.82 Å². The van der Waals surface area contributed by atoms with Crippen LogP contribution in [0.2, 0.25) is 5.02 Å². The number of amides is 1. The zero-order valence-electron chi connectivity index (χ0n) is 17.7. The highest BCUT2D eigenvalue weighted by Gasteiger charge is 2.29. The second kappa shape index (κ2) is 9.31. The Hall–Kier alpha value is -2.18. The number of halogens is 1. The lowest BCUT2D eigenvalue weighted by molar-refractivity contribution is -0.136. The van der Waals surface area contributed by atoms with Gasteiger partial charge in [-0.05, 0) is 49.9 Å². The molecule has 4 rings (SSSR count). The third-order valence-corrected chi connectivity index (χ3v) is 6.45. The minimum atomic E-state index is -0.0537. The number of aromatic nitrogens is 2. The van der Waals surface area contributed by atoms with Crippen molar-refractivity contribution in [1.82, 2.24) is 20.2 Å². The van der Waals surface area contributed by atoms with Gasteiger partial charge in [0.05, 0.1) is 5.69 Å². The standard InChI is InChI=1S/C23H30ClN5O/c1-15(12-16-4-3-5-18(24)13-16)23(30)29-10-7-17(8-11-29)21-27-20-14-26-9-6-19(20)22(25-2)28-21/h3-5,13,15,17,26H,6-12,14H2,1-2H3,(H,25,27,28). The summed E-state index contributed by atoms with van der Waals surface area (Å²) < 4.78 is 0. The molecule has 2 N–H and O–H groups in total. The first-order chi connectivity index (χ1) is 14.5. The van der Waals surface area contributed by atoms with E-state index in [9.17, 15) is 4.79 Å². The Kier molecular flexibility index (Phi) is 6.54. The second-order valence-electron chi connectivity index (χ2n) is 8.37. The van der Waals surface area contributed by atoms with Crippen molar-refractivity contribution in [2.45, 2.75) is 45.1 Å². The van der Waals surface area contributed by atoms with Crippen LogP contribution in [0.15, 0.2) is 24.3 Å². The van der Waals surface area contributed by atoms with Crippen molar-refractivity contribution in [2.75, 3.05) is 32.0 Å². The highest BCUT2D eigenvalue weighted by Crippen LogP contribution is 2.30. The molecule has 2 aliphatic rings. The van der Waals surface area contributed by atoms with Crippen LogP contribution in [-0.4, -0.2) is 47.5 Å². The predicted octanol–water partition coefficient (Wildman–Crippen LogP) is 3.40. The predicted molar refractivity (Wildman–Crippen MR) is 120 cm³/mol. The molecule has 0 saturated carbocycles. The van der Waals surface area contributed by atoms with Gasteiger partial charge in [0, 0.05) is 49.1 Å². The summed E-state index contributed by atoms with van der Waals surface area (Å²) in [5.74, 6) is 2.35. The van der Waals surface area contributed by atoms with Crippen molar-refractivity contribution in [3.05, 3.63) is 51.9 Å². The van der Waals surface area contributed by atoms with Crippen molar-refractivity contribution in [2.24, 2.45) is 5.92 Å². The highest BCUT2D eigenvalue weighted by atomic mass is 35.5. The number of nitrogens with one attached hydrogen (secondary N) is 2. The van der Waals surface area contributed by atoms with Gasteiger partial charge in [-0.3, -0.25) is 4.79 Å². The van der Waals surface area contributed by atoms with Crippen molar-refractivity contribution in [3.8, 4) is 0 Å².